The Morgan fingerprint density at radius 3 is 2.29 bits per heavy atom. The normalized spacial score (nSPS) is 12.3. The minimum Gasteiger partial charge on any atom is -0.354 e. The first-order chi connectivity index (χ1) is 16.3. The third-order valence-corrected chi connectivity index (χ3v) is 7.15. The van der Waals surface area contributed by atoms with E-state index in [1.807, 2.05) is 52.0 Å². The highest BCUT2D eigenvalue weighted by Crippen LogP contribution is 2.27. The number of rotatable bonds is 11. The Labute approximate surface area is 214 Å². The topological polar surface area (TPSA) is 86.8 Å². The number of aryl methyl sites for hydroxylation is 2. The van der Waals surface area contributed by atoms with Crippen molar-refractivity contribution < 1.29 is 18.0 Å². The summed E-state index contributed by atoms with van der Waals surface area (Å²) < 4.78 is 26.6. The smallest absolute Gasteiger partial charge is 0.244 e. The minimum absolute atomic E-state index is 0.186. The molecule has 1 N–H and O–H groups in total. The summed E-state index contributed by atoms with van der Waals surface area (Å²) in [6.07, 6.45) is 1.44. The molecule has 2 rings (SSSR count). The first-order valence-electron chi connectivity index (χ1n) is 11.7. The second kappa shape index (κ2) is 12.4. The van der Waals surface area contributed by atoms with Crippen LogP contribution < -0.4 is 9.62 Å². The van der Waals surface area contributed by atoms with Crippen LogP contribution in [0, 0.1) is 19.8 Å². The molecule has 2 amide bonds. The van der Waals surface area contributed by atoms with E-state index < -0.39 is 28.5 Å². The van der Waals surface area contributed by atoms with Crippen molar-refractivity contribution in [1.29, 1.82) is 0 Å². The number of hydrogen-bond donors (Lipinski definition) is 1. The molecule has 0 saturated heterocycles. The van der Waals surface area contributed by atoms with Gasteiger partial charge in [-0.15, -0.1) is 0 Å². The third kappa shape index (κ3) is 7.97. The number of sulfonamides is 1. The van der Waals surface area contributed by atoms with Crippen LogP contribution in [0.1, 0.15) is 43.9 Å². The summed E-state index contributed by atoms with van der Waals surface area (Å²) in [6, 6.07) is 11.8. The SMILES string of the molecule is CC[C@@H](C(=O)NCC(C)C)N(Cc1ccccc1C)C(=O)CN(c1cc(Cl)ccc1C)S(C)(=O)=O. The molecular formula is C26H36ClN3O4S. The van der Waals surface area contributed by atoms with Gasteiger partial charge in [0, 0.05) is 18.1 Å². The number of nitrogens with one attached hydrogen (secondary N) is 1. The molecule has 2 aromatic rings. The van der Waals surface area contributed by atoms with E-state index in [0.29, 0.717) is 29.2 Å². The molecule has 2 aromatic carbocycles. The average molecular weight is 522 g/mol. The Morgan fingerprint density at radius 1 is 1.06 bits per heavy atom. The van der Waals surface area contributed by atoms with Crippen LogP contribution in [-0.2, 0) is 26.2 Å². The molecule has 0 unspecified atom stereocenters. The summed E-state index contributed by atoms with van der Waals surface area (Å²) in [4.78, 5) is 28.3. The largest absolute Gasteiger partial charge is 0.354 e. The fourth-order valence-electron chi connectivity index (χ4n) is 3.76. The maximum absolute atomic E-state index is 13.7. The van der Waals surface area contributed by atoms with E-state index in [4.69, 9.17) is 11.6 Å². The van der Waals surface area contributed by atoms with Crippen LogP contribution >= 0.6 is 11.6 Å². The summed E-state index contributed by atoms with van der Waals surface area (Å²) in [5, 5.41) is 3.28. The van der Waals surface area contributed by atoms with Gasteiger partial charge in [-0.3, -0.25) is 13.9 Å². The zero-order valence-corrected chi connectivity index (χ0v) is 22.9. The van der Waals surface area contributed by atoms with Gasteiger partial charge in [-0.1, -0.05) is 62.7 Å². The lowest BCUT2D eigenvalue weighted by molar-refractivity contribution is -0.140. The monoisotopic (exact) mass is 521 g/mol. The third-order valence-electron chi connectivity index (χ3n) is 5.79. The molecule has 0 heterocycles. The predicted molar refractivity (Wildman–Crippen MR) is 142 cm³/mol. The van der Waals surface area contributed by atoms with E-state index in [1.165, 1.54) is 11.0 Å². The number of anilines is 1. The fraction of sp³-hybridized carbons (Fsp3) is 0.462. The van der Waals surface area contributed by atoms with E-state index in [1.54, 1.807) is 19.1 Å². The molecular weight excluding hydrogens is 486 g/mol. The quantitative estimate of drug-likeness (QED) is 0.477. The van der Waals surface area contributed by atoms with Gasteiger partial charge in [0.05, 0.1) is 11.9 Å². The number of hydrogen-bond acceptors (Lipinski definition) is 4. The number of benzene rings is 2. The highest BCUT2D eigenvalue weighted by Gasteiger charge is 2.32. The fourth-order valence-corrected chi connectivity index (χ4v) is 4.82. The maximum Gasteiger partial charge on any atom is 0.244 e. The van der Waals surface area contributed by atoms with E-state index in [-0.39, 0.29) is 18.4 Å². The van der Waals surface area contributed by atoms with Gasteiger partial charge in [0.2, 0.25) is 21.8 Å². The average Bonchev–Trinajstić information content (AvgIpc) is 2.78. The highest BCUT2D eigenvalue weighted by atomic mass is 35.5. The van der Waals surface area contributed by atoms with Gasteiger partial charge < -0.3 is 10.2 Å². The van der Waals surface area contributed by atoms with E-state index in [9.17, 15) is 18.0 Å². The summed E-state index contributed by atoms with van der Waals surface area (Å²) in [5.41, 5.74) is 2.87. The molecule has 9 heteroatoms. The van der Waals surface area contributed by atoms with Gasteiger partial charge in [0.25, 0.3) is 0 Å². The number of carbonyl (C=O) groups excluding carboxylic acids is 2. The van der Waals surface area contributed by atoms with Crippen molar-refractivity contribution in [3.63, 3.8) is 0 Å². The lowest BCUT2D eigenvalue weighted by Crippen LogP contribution is -2.52. The Bertz CT molecular complexity index is 1150. The van der Waals surface area contributed by atoms with Gasteiger partial charge in [-0.25, -0.2) is 8.42 Å². The van der Waals surface area contributed by atoms with Crippen molar-refractivity contribution in [3.8, 4) is 0 Å². The molecule has 0 aliphatic heterocycles. The number of carbonyl (C=O) groups is 2. The second-order valence-corrected chi connectivity index (χ2v) is 11.6. The molecule has 192 valence electrons. The van der Waals surface area contributed by atoms with Crippen LogP contribution in [0.4, 0.5) is 5.69 Å². The van der Waals surface area contributed by atoms with E-state index >= 15 is 0 Å². The van der Waals surface area contributed by atoms with Crippen LogP contribution in [0.3, 0.4) is 0 Å². The molecule has 1 atom stereocenters. The minimum atomic E-state index is -3.81. The molecule has 0 fully saturated rings. The van der Waals surface area contributed by atoms with Crippen molar-refractivity contribution in [1.82, 2.24) is 10.2 Å². The van der Waals surface area contributed by atoms with Gasteiger partial charge in [-0.2, -0.15) is 0 Å². The van der Waals surface area contributed by atoms with Crippen molar-refractivity contribution in [2.45, 2.75) is 53.6 Å². The van der Waals surface area contributed by atoms with Gasteiger partial charge in [0.1, 0.15) is 12.6 Å². The van der Waals surface area contributed by atoms with E-state index in [2.05, 4.69) is 5.32 Å². The van der Waals surface area contributed by atoms with Gasteiger partial charge in [-0.05, 0) is 55.0 Å². The molecule has 0 aliphatic rings. The summed E-state index contributed by atoms with van der Waals surface area (Å²) in [7, 11) is -3.81. The first kappa shape index (κ1) is 28.7. The van der Waals surface area contributed by atoms with Gasteiger partial charge >= 0.3 is 0 Å². The molecule has 0 bridgehead atoms. The lowest BCUT2D eigenvalue weighted by atomic mass is 10.1. The van der Waals surface area contributed by atoms with Crippen molar-refractivity contribution >= 4 is 39.1 Å². The molecule has 0 radical (unpaired) electrons. The molecule has 35 heavy (non-hydrogen) atoms. The molecule has 0 aliphatic carbocycles. The molecule has 7 nitrogen and oxygen atoms in total. The zero-order chi connectivity index (χ0) is 26.3. The number of halogens is 1. The lowest BCUT2D eigenvalue weighted by Gasteiger charge is -2.33. The summed E-state index contributed by atoms with van der Waals surface area (Å²) in [6.45, 7) is 9.75. The van der Waals surface area contributed by atoms with Crippen LogP contribution in [0.25, 0.3) is 0 Å². The van der Waals surface area contributed by atoms with Crippen molar-refractivity contribution in [2.24, 2.45) is 5.92 Å². The van der Waals surface area contributed by atoms with Gasteiger partial charge in [0.15, 0.2) is 0 Å². The van der Waals surface area contributed by atoms with Crippen LogP contribution in [0.2, 0.25) is 5.02 Å². The van der Waals surface area contributed by atoms with E-state index in [0.717, 1.165) is 21.7 Å². The van der Waals surface area contributed by atoms with Crippen LogP contribution in [0.5, 0.6) is 0 Å². The highest BCUT2D eigenvalue weighted by molar-refractivity contribution is 7.92. The standard InChI is InChI=1S/C26H36ClN3O4S/c1-7-23(26(32)28-15-18(2)3)29(16-21-11-9-8-10-19(21)4)25(31)17-30(35(6,33)34)24-14-22(27)13-12-20(24)5/h8-14,18,23H,7,15-17H2,1-6H3,(H,28,32)/t23-/m0/s1. The van der Waals surface area contributed by atoms with Crippen LogP contribution in [0.15, 0.2) is 42.5 Å². The van der Waals surface area contributed by atoms with Crippen molar-refractivity contribution in [2.75, 3.05) is 23.7 Å². The Balaban J connectivity index is 2.48. The number of nitrogens with zero attached hydrogens (tertiary/aromatic N) is 2. The second-order valence-electron chi connectivity index (χ2n) is 9.21. The van der Waals surface area contributed by atoms with Crippen LogP contribution in [-0.4, -0.2) is 50.5 Å². The Hall–Kier alpha value is -2.58. The predicted octanol–water partition coefficient (Wildman–Crippen LogP) is 4.30. The van der Waals surface area contributed by atoms with Crippen molar-refractivity contribution in [3.05, 3.63) is 64.2 Å². The molecule has 0 spiro atoms. The first-order valence-corrected chi connectivity index (χ1v) is 13.9. The zero-order valence-electron chi connectivity index (χ0n) is 21.3. The molecule has 0 saturated carbocycles. The molecule has 0 aromatic heterocycles. The summed E-state index contributed by atoms with van der Waals surface area (Å²) >= 11 is 6.14. The summed E-state index contributed by atoms with van der Waals surface area (Å²) in [5.74, 6) is -0.471. The number of amides is 2. The Morgan fingerprint density at radius 2 is 1.71 bits per heavy atom. The Kier molecular flexibility index (Phi) is 10.2. The maximum atomic E-state index is 13.7.